The molecule has 0 spiro atoms. The van der Waals surface area contributed by atoms with Crippen LogP contribution in [0.15, 0.2) is 0 Å². The Labute approximate surface area is 137 Å². The van der Waals surface area contributed by atoms with Crippen LogP contribution in [0.5, 0.6) is 0 Å². The topological polar surface area (TPSA) is 96.5 Å². The van der Waals surface area contributed by atoms with Gasteiger partial charge in [-0.25, -0.2) is 9.78 Å². The van der Waals surface area contributed by atoms with Gasteiger partial charge in [-0.2, -0.15) is 13.2 Å². The van der Waals surface area contributed by atoms with Gasteiger partial charge in [-0.15, -0.1) is 11.3 Å². The molecule has 1 aliphatic rings. The van der Waals surface area contributed by atoms with Crippen LogP contribution in [0, 0.1) is 0 Å². The zero-order chi connectivity index (χ0) is 17.8. The highest BCUT2D eigenvalue weighted by Gasteiger charge is 2.41. The Hall–Kier alpha value is -2.36. The first-order valence-corrected chi connectivity index (χ1v) is 7.72. The number of fused-ring (bicyclic) bond motifs is 2. The maximum absolute atomic E-state index is 13.7. The first-order valence-electron chi connectivity index (χ1n) is 6.91. The molecule has 0 saturated carbocycles. The maximum Gasteiger partial charge on any atom is 0.417 e. The average Bonchev–Trinajstić information content (AvgIpc) is 2.80. The van der Waals surface area contributed by atoms with E-state index in [1.807, 2.05) is 0 Å². The highest BCUT2D eigenvalue weighted by atomic mass is 32.1. The highest BCUT2D eigenvalue weighted by Crippen LogP contribution is 2.45. The van der Waals surface area contributed by atoms with Crippen molar-refractivity contribution in [3.63, 3.8) is 0 Å². The number of nitrogen functional groups attached to an aromatic ring is 1. The minimum absolute atomic E-state index is 0.0488. The van der Waals surface area contributed by atoms with Crippen LogP contribution in [-0.2, 0) is 23.9 Å². The fourth-order valence-electron chi connectivity index (χ4n) is 2.87. The van der Waals surface area contributed by atoms with Crippen molar-refractivity contribution < 1.29 is 27.9 Å². The van der Waals surface area contributed by atoms with E-state index >= 15 is 0 Å². The van der Waals surface area contributed by atoms with Gasteiger partial charge in [-0.3, -0.25) is 4.79 Å². The van der Waals surface area contributed by atoms with Crippen molar-refractivity contribution in [2.24, 2.45) is 0 Å². The molecule has 3 rings (SSSR count). The summed E-state index contributed by atoms with van der Waals surface area (Å²) in [5, 5.41) is 8.71. The van der Waals surface area contributed by atoms with E-state index in [2.05, 4.69) is 4.98 Å². The summed E-state index contributed by atoms with van der Waals surface area (Å²) in [5.41, 5.74) is 4.36. The molecule has 6 nitrogen and oxygen atoms in total. The first-order chi connectivity index (χ1) is 11.1. The number of carboxylic acid groups (broad SMARTS) is 1. The standard InChI is InChI=1S/C14H12F3N3O3S/c1-5(21)20-3-2-7-6(4-20)9(14(15,16)17)8-10(18)11(13(22)23)24-12(8)19-7/h2-4,18H2,1H3,(H,22,23). The lowest BCUT2D eigenvalue weighted by atomic mass is 9.96. The lowest BCUT2D eigenvalue weighted by Crippen LogP contribution is -2.36. The normalized spacial score (nSPS) is 14.8. The second kappa shape index (κ2) is 5.33. The third-order valence-electron chi connectivity index (χ3n) is 3.95. The largest absolute Gasteiger partial charge is 0.477 e. The molecular formula is C14H12F3N3O3S. The molecule has 0 radical (unpaired) electrons. The molecule has 3 N–H and O–H groups in total. The molecule has 10 heteroatoms. The van der Waals surface area contributed by atoms with E-state index in [1.165, 1.54) is 11.8 Å². The van der Waals surface area contributed by atoms with Crippen molar-refractivity contribution in [2.75, 3.05) is 12.3 Å². The fourth-order valence-corrected chi connectivity index (χ4v) is 3.83. The summed E-state index contributed by atoms with van der Waals surface area (Å²) in [4.78, 5) is 27.8. The van der Waals surface area contributed by atoms with Gasteiger partial charge in [-0.1, -0.05) is 0 Å². The number of anilines is 1. The van der Waals surface area contributed by atoms with E-state index in [0.29, 0.717) is 11.3 Å². The van der Waals surface area contributed by atoms with Crippen LogP contribution < -0.4 is 5.73 Å². The van der Waals surface area contributed by atoms with Gasteiger partial charge < -0.3 is 15.7 Å². The van der Waals surface area contributed by atoms with Crippen molar-refractivity contribution in [3.05, 3.63) is 21.7 Å². The number of carbonyl (C=O) groups excluding carboxylic acids is 1. The van der Waals surface area contributed by atoms with Crippen molar-refractivity contribution in [1.82, 2.24) is 9.88 Å². The van der Waals surface area contributed by atoms with E-state index in [-0.39, 0.29) is 46.4 Å². The van der Waals surface area contributed by atoms with Gasteiger partial charge in [0, 0.05) is 43.1 Å². The summed E-state index contributed by atoms with van der Waals surface area (Å²) in [6, 6.07) is 0. The molecule has 128 valence electrons. The number of hydrogen-bond donors (Lipinski definition) is 2. The van der Waals surface area contributed by atoms with Gasteiger partial charge in [0.05, 0.1) is 11.3 Å². The molecule has 0 aromatic carbocycles. The van der Waals surface area contributed by atoms with E-state index in [0.717, 1.165) is 0 Å². The Kier molecular flexibility index (Phi) is 3.67. The second-order valence-corrected chi connectivity index (χ2v) is 6.43. The Morgan fingerprint density at radius 3 is 2.58 bits per heavy atom. The fraction of sp³-hybridized carbons (Fsp3) is 0.357. The van der Waals surface area contributed by atoms with Crippen LogP contribution in [0.3, 0.4) is 0 Å². The minimum Gasteiger partial charge on any atom is -0.477 e. The molecule has 2 aromatic heterocycles. The van der Waals surface area contributed by atoms with Crippen LogP contribution in [0.2, 0.25) is 0 Å². The monoisotopic (exact) mass is 359 g/mol. The van der Waals surface area contributed by atoms with Crippen LogP contribution in [0.1, 0.15) is 33.4 Å². The molecule has 0 atom stereocenters. The summed E-state index contributed by atoms with van der Waals surface area (Å²) in [6.07, 6.45) is -4.57. The zero-order valence-electron chi connectivity index (χ0n) is 12.4. The smallest absolute Gasteiger partial charge is 0.417 e. The molecule has 1 amide bonds. The number of rotatable bonds is 1. The number of amides is 1. The molecule has 1 aliphatic heterocycles. The Morgan fingerprint density at radius 2 is 2.04 bits per heavy atom. The van der Waals surface area contributed by atoms with E-state index in [1.54, 1.807) is 0 Å². The van der Waals surface area contributed by atoms with Gasteiger partial charge in [0.25, 0.3) is 0 Å². The van der Waals surface area contributed by atoms with Crippen LogP contribution in [0.25, 0.3) is 10.2 Å². The third-order valence-corrected chi connectivity index (χ3v) is 5.04. The van der Waals surface area contributed by atoms with E-state index in [4.69, 9.17) is 10.8 Å². The van der Waals surface area contributed by atoms with Gasteiger partial charge in [-0.05, 0) is 0 Å². The molecule has 0 unspecified atom stereocenters. The average molecular weight is 359 g/mol. The van der Waals surface area contributed by atoms with Gasteiger partial charge in [0.2, 0.25) is 5.91 Å². The summed E-state index contributed by atoms with van der Waals surface area (Å²) in [7, 11) is 0. The number of aromatic carboxylic acids is 1. The van der Waals surface area contributed by atoms with Crippen molar-refractivity contribution in [1.29, 1.82) is 0 Å². The molecular weight excluding hydrogens is 347 g/mol. The number of nitrogens with zero attached hydrogens (tertiary/aromatic N) is 2. The summed E-state index contributed by atoms with van der Waals surface area (Å²) >= 11 is 0.626. The lowest BCUT2D eigenvalue weighted by molar-refractivity contribution is -0.138. The van der Waals surface area contributed by atoms with Gasteiger partial charge in [0.1, 0.15) is 9.71 Å². The molecule has 0 fully saturated rings. The Balaban J connectivity index is 2.36. The molecule has 0 saturated heterocycles. The Morgan fingerprint density at radius 1 is 1.38 bits per heavy atom. The molecule has 0 bridgehead atoms. The number of thiophene rings is 1. The number of pyridine rings is 1. The van der Waals surface area contributed by atoms with E-state index in [9.17, 15) is 22.8 Å². The Bertz CT molecular complexity index is 876. The van der Waals surface area contributed by atoms with E-state index < -0.39 is 28.8 Å². The lowest BCUT2D eigenvalue weighted by Gasteiger charge is -2.29. The molecule has 3 heterocycles. The van der Waals surface area contributed by atoms with Crippen LogP contribution in [-0.4, -0.2) is 33.4 Å². The van der Waals surface area contributed by atoms with Crippen LogP contribution >= 0.6 is 11.3 Å². The maximum atomic E-state index is 13.7. The number of hydrogen-bond acceptors (Lipinski definition) is 5. The number of carbonyl (C=O) groups is 2. The van der Waals surface area contributed by atoms with Crippen LogP contribution in [0.4, 0.5) is 18.9 Å². The number of aromatic nitrogens is 1. The van der Waals surface area contributed by atoms with Crippen molar-refractivity contribution in [3.8, 4) is 0 Å². The summed E-state index contributed by atoms with van der Waals surface area (Å²) in [6.45, 7) is 1.33. The number of halogens is 3. The first kappa shape index (κ1) is 16.5. The van der Waals surface area contributed by atoms with Crippen molar-refractivity contribution >= 4 is 39.1 Å². The minimum atomic E-state index is -4.74. The summed E-state index contributed by atoms with van der Waals surface area (Å²) in [5.74, 6) is -1.73. The van der Waals surface area contributed by atoms with Gasteiger partial charge >= 0.3 is 12.1 Å². The molecule has 24 heavy (non-hydrogen) atoms. The van der Waals surface area contributed by atoms with Crippen molar-refractivity contribution in [2.45, 2.75) is 26.1 Å². The predicted molar refractivity (Wildman–Crippen MR) is 80.8 cm³/mol. The quantitative estimate of drug-likeness (QED) is 0.815. The number of alkyl halides is 3. The molecule has 0 aliphatic carbocycles. The second-order valence-electron chi connectivity index (χ2n) is 5.43. The highest BCUT2D eigenvalue weighted by molar-refractivity contribution is 7.21. The third kappa shape index (κ3) is 2.46. The SMILES string of the molecule is CC(=O)N1CCc2nc3sc(C(=O)O)c(N)c3c(C(F)(F)F)c2C1. The number of carboxylic acids is 1. The zero-order valence-corrected chi connectivity index (χ0v) is 13.2. The predicted octanol–water partition coefficient (Wildman–Crippen LogP) is 2.50. The summed E-state index contributed by atoms with van der Waals surface area (Å²) < 4.78 is 41.1. The molecule has 2 aromatic rings. The van der Waals surface area contributed by atoms with Gasteiger partial charge in [0.15, 0.2) is 0 Å². The number of nitrogens with two attached hydrogens (primary N) is 1.